The van der Waals surface area contributed by atoms with Gasteiger partial charge < -0.3 is 14.9 Å². The van der Waals surface area contributed by atoms with Gasteiger partial charge in [0.15, 0.2) is 5.69 Å². The number of carbonyl (C=O) groups is 1. The Morgan fingerprint density at radius 2 is 1.76 bits per heavy atom. The van der Waals surface area contributed by atoms with E-state index in [9.17, 15) is 19.8 Å². The van der Waals surface area contributed by atoms with Crippen molar-refractivity contribution >= 4 is 17.3 Å². The third-order valence-electron chi connectivity index (χ3n) is 5.06. The summed E-state index contributed by atoms with van der Waals surface area (Å²) in [5.41, 5.74) is 2.13. The molecular weight excluding hydrogens is 424 g/mol. The summed E-state index contributed by atoms with van der Waals surface area (Å²) in [6.45, 7) is 1.72. The van der Waals surface area contributed by atoms with Gasteiger partial charge in [0.2, 0.25) is 0 Å². The van der Waals surface area contributed by atoms with Crippen LogP contribution in [0.25, 0.3) is 16.8 Å². The Balaban J connectivity index is 1.66. The van der Waals surface area contributed by atoms with Crippen LogP contribution in [0.5, 0.6) is 11.5 Å². The highest BCUT2D eigenvalue weighted by atomic mass is 16.5. The normalized spacial score (nSPS) is 11.1. The predicted octanol–water partition coefficient (Wildman–Crippen LogP) is 4.97. The average Bonchev–Trinajstić information content (AvgIpc) is 3.11. The highest BCUT2D eigenvalue weighted by molar-refractivity contribution is 5.94. The number of aromatic carboxylic acids is 1. The Hall–Kier alpha value is -4.66. The minimum atomic E-state index is -1.22. The third-order valence-corrected chi connectivity index (χ3v) is 5.06. The summed E-state index contributed by atoms with van der Waals surface area (Å²) in [7, 11) is 1.57. The van der Waals surface area contributed by atoms with E-state index in [1.807, 2.05) is 0 Å². The number of aromatic nitrogens is 2. The summed E-state index contributed by atoms with van der Waals surface area (Å²) in [5, 5.41) is 30.9. The van der Waals surface area contributed by atoms with Crippen LogP contribution in [-0.4, -0.2) is 33.1 Å². The maximum Gasteiger partial charge on any atom is 0.339 e. The van der Waals surface area contributed by atoms with E-state index in [-0.39, 0.29) is 22.6 Å². The number of rotatable bonds is 6. The molecule has 1 heterocycles. The van der Waals surface area contributed by atoms with E-state index in [0.29, 0.717) is 33.9 Å². The minimum Gasteiger partial charge on any atom is -0.506 e. The summed E-state index contributed by atoms with van der Waals surface area (Å²) >= 11 is 0. The van der Waals surface area contributed by atoms with Crippen LogP contribution in [0.1, 0.15) is 16.1 Å². The molecular formula is C24H20N4O5. The van der Waals surface area contributed by atoms with E-state index >= 15 is 0 Å². The molecule has 0 amide bonds. The van der Waals surface area contributed by atoms with Gasteiger partial charge >= 0.3 is 5.97 Å². The number of phenols is 1. The van der Waals surface area contributed by atoms with Gasteiger partial charge in [-0.05, 0) is 55.0 Å². The van der Waals surface area contributed by atoms with Gasteiger partial charge in [-0.25, -0.2) is 9.48 Å². The lowest BCUT2D eigenvalue weighted by molar-refractivity contribution is 0.0694. The number of nitrogens with zero attached hydrogens (tertiary/aromatic N) is 3. The van der Waals surface area contributed by atoms with Crippen molar-refractivity contribution in [2.24, 2.45) is 10.2 Å². The Morgan fingerprint density at radius 3 is 2.45 bits per heavy atom. The first-order valence-corrected chi connectivity index (χ1v) is 9.92. The second kappa shape index (κ2) is 8.83. The topological polar surface area (TPSA) is 129 Å². The maximum absolute atomic E-state index is 12.9. The fourth-order valence-electron chi connectivity index (χ4n) is 3.36. The molecule has 0 saturated carbocycles. The molecule has 4 aromatic rings. The van der Waals surface area contributed by atoms with Gasteiger partial charge in [-0.1, -0.05) is 24.3 Å². The van der Waals surface area contributed by atoms with Crippen molar-refractivity contribution in [3.05, 3.63) is 88.3 Å². The van der Waals surface area contributed by atoms with Gasteiger partial charge in [0.05, 0.1) is 24.2 Å². The lowest BCUT2D eigenvalue weighted by Crippen LogP contribution is -2.13. The number of aryl methyl sites for hydroxylation is 1. The number of carboxylic acid groups (broad SMARTS) is 1. The van der Waals surface area contributed by atoms with Crippen LogP contribution < -0.4 is 10.3 Å². The van der Waals surface area contributed by atoms with Crippen molar-refractivity contribution in [2.45, 2.75) is 6.92 Å². The number of methoxy groups -OCH3 is 1. The van der Waals surface area contributed by atoms with Gasteiger partial charge in [-0.3, -0.25) is 9.89 Å². The number of ether oxygens (including phenoxy) is 1. The molecule has 9 nitrogen and oxygen atoms in total. The fourth-order valence-corrected chi connectivity index (χ4v) is 3.36. The standard InChI is InChI=1S/C24H20N4O5/c1-14-21(23(30)28(27-14)17-9-11-18(33-2)12-10-17)26-25-16-6-3-5-15(13-16)19-7-4-8-20(22(19)29)24(31)32/h3-13,27,29H,1-2H3,(H,31,32). The molecule has 0 aliphatic rings. The van der Waals surface area contributed by atoms with Crippen LogP contribution in [0.4, 0.5) is 11.4 Å². The number of aromatic amines is 1. The molecule has 0 bridgehead atoms. The Bertz CT molecular complexity index is 1420. The largest absolute Gasteiger partial charge is 0.506 e. The van der Waals surface area contributed by atoms with Crippen molar-refractivity contribution in [2.75, 3.05) is 7.11 Å². The molecule has 0 atom stereocenters. The first-order chi connectivity index (χ1) is 15.9. The third kappa shape index (κ3) is 4.24. The number of nitrogens with one attached hydrogen (secondary N) is 1. The lowest BCUT2D eigenvalue weighted by Gasteiger charge is -2.07. The molecule has 166 valence electrons. The average molecular weight is 444 g/mol. The van der Waals surface area contributed by atoms with E-state index in [0.717, 1.165) is 0 Å². The van der Waals surface area contributed by atoms with E-state index in [4.69, 9.17) is 4.74 Å². The van der Waals surface area contributed by atoms with E-state index < -0.39 is 5.97 Å². The van der Waals surface area contributed by atoms with Crippen molar-refractivity contribution in [3.8, 4) is 28.3 Å². The smallest absolute Gasteiger partial charge is 0.339 e. The zero-order valence-corrected chi connectivity index (χ0v) is 17.8. The SMILES string of the molecule is COc1ccc(-n2[nH]c(C)c(N=Nc3cccc(-c4cccc(C(=O)O)c4O)c3)c2=O)cc1. The first kappa shape index (κ1) is 21.6. The van der Waals surface area contributed by atoms with E-state index in [2.05, 4.69) is 15.3 Å². The highest BCUT2D eigenvalue weighted by Gasteiger charge is 2.15. The first-order valence-electron chi connectivity index (χ1n) is 9.92. The molecule has 9 heteroatoms. The number of benzene rings is 3. The molecule has 0 saturated heterocycles. The van der Waals surface area contributed by atoms with Gasteiger partial charge in [0, 0.05) is 5.56 Å². The molecule has 0 aliphatic carbocycles. The zero-order chi connectivity index (χ0) is 23.5. The van der Waals surface area contributed by atoms with Gasteiger partial charge in [0.1, 0.15) is 17.1 Å². The molecule has 1 aromatic heterocycles. The van der Waals surface area contributed by atoms with Crippen LogP contribution >= 0.6 is 0 Å². The fraction of sp³-hybridized carbons (Fsp3) is 0.0833. The molecule has 3 aromatic carbocycles. The Labute approximate surface area is 188 Å². The summed E-state index contributed by atoms with van der Waals surface area (Å²) in [6.07, 6.45) is 0. The molecule has 0 radical (unpaired) electrons. The van der Waals surface area contributed by atoms with Crippen LogP contribution in [0.3, 0.4) is 0 Å². The predicted molar refractivity (Wildman–Crippen MR) is 122 cm³/mol. The molecule has 0 unspecified atom stereocenters. The number of H-pyrrole nitrogens is 1. The summed E-state index contributed by atoms with van der Waals surface area (Å²) < 4.78 is 6.51. The maximum atomic E-state index is 12.9. The Kier molecular flexibility index (Phi) is 5.77. The van der Waals surface area contributed by atoms with Crippen molar-refractivity contribution in [1.29, 1.82) is 0 Å². The second-order valence-electron chi connectivity index (χ2n) is 7.18. The van der Waals surface area contributed by atoms with E-state index in [1.165, 1.54) is 10.7 Å². The van der Waals surface area contributed by atoms with Crippen LogP contribution in [0.15, 0.2) is 81.8 Å². The van der Waals surface area contributed by atoms with Crippen molar-refractivity contribution in [3.63, 3.8) is 0 Å². The minimum absolute atomic E-state index is 0.159. The zero-order valence-electron chi connectivity index (χ0n) is 17.8. The number of azo groups is 1. The molecule has 4 rings (SSSR count). The van der Waals surface area contributed by atoms with Gasteiger partial charge in [-0.15, -0.1) is 5.11 Å². The summed E-state index contributed by atoms with van der Waals surface area (Å²) in [6, 6.07) is 18.2. The van der Waals surface area contributed by atoms with Crippen LogP contribution in [0.2, 0.25) is 0 Å². The summed E-state index contributed by atoms with van der Waals surface area (Å²) in [5.74, 6) is -0.876. The Morgan fingerprint density at radius 1 is 1.03 bits per heavy atom. The second-order valence-corrected chi connectivity index (χ2v) is 7.18. The van der Waals surface area contributed by atoms with Crippen LogP contribution in [-0.2, 0) is 0 Å². The van der Waals surface area contributed by atoms with Crippen molar-refractivity contribution in [1.82, 2.24) is 9.78 Å². The van der Waals surface area contributed by atoms with Crippen molar-refractivity contribution < 1.29 is 19.7 Å². The summed E-state index contributed by atoms with van der Waals surface area (Å²) in [4.78, 5) is 24.2. The molecule has 33 heavy (non-hydrogen) atoms. The van der Waals surface area contributed by atoms with Gasteiger partial charge in [0.25, 0.3) is 5.56 Å². The monoisotopic (exact) mass is 444 g/mol. The van der Waals surface area contributed by atoms with E-state index in [1.54, 1.807) is 74.7 Å². The lowest BCUT2D eigenvalue weighted by atomic mass is 10.0. The molecule has 0 aliphatic heterocycles. The molecule has 3 N–H and O–H groups in total. The number of para-hydroxylation sites is 1. The quantitative estimate of drug-likeness (QED) is 0.362. The number of hydrogen-bond acceptors (Lipinski definition) is 6. The number of hydrogen-bond donors (Lipinski definition) is 3. The van der Waals surface area contributed by atoms with Gasteiger partial charge in [-0.2, -0.15) is 5.11 Å². The highest BCUT2D eigenvalue weighted by Crippen LogP contribution is 2.34. The number of aromatic hydroxyl groups is 1. The van der Waals surface area contributed by atoms with Crippen LogP contribution in [0, 0.1) is 6.92 Å². The molecule has 0 fully saturated rings. The number of carboxylic acids is 1. The molecule has 0 spiro atoms.